The van der Waals surface area contributed by atoms with Gasteiger partial charge in [0.25, 0.3) is 0 Å². The molecule has 0 aliphatic heterocycles. The van der Waals surface area contributed by atoms with Crippen LogP contribution in [0.15, 0.2) is 11.4 Å². The van der Waals surface area contributed by atoms with Gasteiger partial charge in [0.05, 0.1) is 17.2 Å². The fraction of sp³-hybridized carbons (Fsp3) is 0.750. The molecule has 0 aromatic carbocycles. The molecule has 4 heteroatoms. The van der Waals surface area contributed by atoms with Crippen molar-refractivity contribution in [2.75, 3.05) is 13.2 Å². The summed E-state index contributed by atoms with van der Waals surface area (Å²) in [5.41, 5.74) is 0. The highest BCUT2D eigenvalue weighted by molar-refractivity contribution is 7.10. The number of hydrogen-bond acceptors (Lipinski definition) is 3. The van der Waals surface area contributed by atoms with Crippen LogP contribution in [0, 0.1) is 5.92 Å². The van der Waals surface area contributed by atoms with E-state index in [2.05, 4.69) is 24.5 Å². The zero-order valence-corrected chi connectivity index (χ0v) is 14.1. The summed E-state index contributed by atoms with van der Waals surface area (Å²) < 4.78 is 6.16. The normalized spacial score (nSPS) is 19.9. The lowest BCUT2D eigenvalue weighted by atomic mass is 9.82. The number of thiophene rings is 1. The highest BCUT2D eigenvalue weighted by atomic mass is 35.5. The summed E-state index contributed by atoms with van der Waals surface area (Å²) in [7, 11) is 0. The summed E-state index contributed by atoms with van der Waals surface area (Å²) in [5, 5.41) is 6.56. The lowest BCUT2D eigenvalue weighted by Gasteiger charge is -2.35. The number of ether oxygens (including phenoxy) is 1. The van der Waals surface area contributed by atoms with Crippen molar-refractivity contribution < 1.29 is 4.74 Å². The molecule has 0 spiro atoms. The minimum Gasteiger partial charge on any atom is -0.376 e. The topological polar surface area (TPSA) is 21.3 Å². The maximum Gasteiger partial charge on any atom is 0.0806 e. The molecule has 1 saturated carbocycles. The van der Waals surface area contributed by atoms with Gasteiger partial charge < -0.3 is 10.1 Å². The summed E-state index contributed by atoms with van der Waals surface area (Å²) >= 11 is 8.11. The van der Waals surface area contributed by atoms with Gasteiger partial charge in [-0.1, -0.05) is 37.8 Å². The molecular formula is C16H26ClNOS. The van der Waals surface area contributed by atoms with Crippen LogP contribution >= 0.6 is 22.9 Å². The Hall–Kier alpha value is -0.0900. The van der Waals surface area contributed by atoms with Gasteiger partial charge in [-0.2, -0.15) is 0 Å². The molecule has 0 radical (unpaired) electrons. The first-order valence-corrected chi connectivity index (χ1v) is 9.11. The van der Waals surface area contributed by atoms with Crippen molar-refractivity contribution in [2.24, 2.45) is 5.92 Å². The SMILES string of the molecule is CCNC(c1sccc1Cl)C(OCC)C1CCCCC1. The smallest absolute Gasteiger partial charge is 0.0806 e. The van der Waals surface area contributed by atoms with Crippen molar-refractivity contribution in [1.29, 1.82) is 0 Å². The summed E-state index contributed by atoms with van der Waals surface area (Å²) in [5.74, 6) is 0.658. The van der Waals surface area contributed by atoms with Crippen molar-refractivity contribution in [2.45, 2.75) is 58.1 Å². The summed E-state index contributed by atoms with van der Waals surface area (Å²) in [6.07, 6.45) is 6.87. The number of likely N-dealkylation sites (N-methyl/N-ethyl adjacent to an activating group) is 1. The minimum absolute atomic E-state index is 0.232. The molecule has 2 nitrogen and oxygen atoms in total. The van der Waals surface area contributed by atoms with Crippen molar-refractivity contribution >= 4 is 22.9 Å². The van der Waals surface area contributed by atoms with E-state index in [4.69, 9.17) is 16.3 Å². The van der Waals surface area contributed by atoms with E-state index in [0.717, 1.165) is 18.2 Å². The molecule has 0 bridgehead atoms. The molecule has 2 unspecified atom stereocenters. The van der Waals surface area contributed by atoms with Crippen LogP contribution in [-0.4, -0.2) is 19.3 Å². The quantitative estimate of drug-likeness (QED) is 0.761. The minimum atomic E-state index is 0.232. The predicted octanol–water partition coefficient (Wildman–Crippen LogP) is 5.04. The fourth-order valence-electron chi connectivity index (χ4n) is 3.26. The zero-order valence-electron chi connectivity index (χ0n) is 12.5. The van der Waals surface area contributed by atoms with E-state index < -0.39 is 0 Å². The van der Waals surface area contributed by atoms with Crippen LogP contribution in [0.4, 0.5) is 0 Å². The van der Waals surface area contributed by atoms with E-state index >= 15 is 0 Å². The molecule has 114 valence electrons. The third-order valence-corrected chi connectivity index (χ3v) is 5.59. The van der Waals surface area contributed by atoms with E-state index in [1.165, 1.54) is 37.0 Å². The molecule has 1 fully saturated rings. The Morgan fingerprint density at radius 2 is 2.10 bits per heavy atom. The highest BCUT2D eigenvalue weighted by Gasteiger charge is 2.33. The van der Waals surface area contributed by atoms with Crippen LogP contribution in [0.25, 0.3) is 0 Å². The summed E-state index contributed by atoms with van der Waals surface area (Å²) in [6, 6.07) is 2.23. The molecule has 0 saturated heterocycles. The average Bonchev–Trinajstić information content (AvgIpc) is 2.90. The third kappa shape index (κ3) is 3.97. The number of hydrogen-bond donors (Lipinski definition) is 1. The van der Waals surface area contributed by atoms with Crippen molar-refractivity contribution in [1.82, 2.24) is 5.32 Å². The Balaban J connectivity index is 2.19. The van der Waals surface area contributed by atoms with E-state index in [-0.39, 0.29) is 12.1 Å². The van der Waals surface area contributed by atoms with Crippen LogP contribution in [0.1, 0.15) is 56.9 Å². The Kier molecular flexibility index (Phi) is 6.82. The van der Waals surface area contributed by atoms with Crippen molar-refractivity contribution in [3.8, 4) is 0 Å². The Labute approximate surface area is 131 Å². The standard InChI is InChI=1S/C16H26ClNOS/c1-3-18-14(16-13(17)10-11-20-16)15(19-4-2)12-8-6-5-7-9-12/h10-12,14-15,18H,3-9H2,1-2H3. The van der Waals surface area contributed by atoms with Gasteiger partial charge >= 0.3 is 0 Å². The molecule has 2 atom stereocenters. The lowest BCUT2D eigenvalue weighted by Crippen LogP contribution is -2.39. The van der Waals surface area contributed by atoms with Gasteiger partial charge in [0.15, 0.2) is 0 Å². The zero-order chi connectivity index (χ0) is 14.4. The molecule has 1 aromatic heterocycles. The maximum atomic E-state index is 6.37. The van der Waals surface area contributed by atoms with Gasteiger partial charge in [-0.05, 0) is 43.7 Å². The molecule has 1 aliphatic rings. The van der Waals surface area contributed by atoms with Gasteiger partial charge in [-0.3, -0.25) is 0 Å². The predicted molar refractivity (Wildman–Crippen MR) is 87.7 cm³/mol. The second-order valence-electron chi connectivity index (χ2n) is 5.49. The van der Waals surface area contributed by atoms with E-state index in [0.29, 0.717) is 5.92 Å². The molecule has 1 heterocycles. The van der Waals surface area contributed by atoms with Gasteiger partial charge in [0, 0.05) is 11.5 Å². The number of halogens is 1. The summed E-state index contributed by atoms with van der Waals surface area (Å²) in [4.78, 5) is 1.23. The fourth-order valence-corrected chi connectivity index (χ4v) is 4.55. The first kappa shape index (κ1) is 16.3. The molecular weight excluding hydrogens is 290 g/mol. The van der Waals surface area contributed by atoms with Gasteiger partial charge in [-0.25, -0.2) is 0 Å². The van der Waals surface area contributed by atoms with Gasteiger partial charge in [0.2, 0.25) is 0 Å². The van der Waals surface area contributed by atoms with Crippen LogP contribution in [0.3, 0.4) is 0 Å². The number of rotatable bonds is 7. The Morgan fingerprint density at radius 1 is 1.35 bits per heavy atom. The molecule has 1 aliphatic carbocycles. The highest BCUT2D eigenvalue weighted by Crippen LogP contribution is 2.38. The lowest BCUT2D eigenvalue weighted by molar-refractivity contribution is -0.0172. The van der Waals surface area contributed by atoms with Crippen molar-refractivity contribution in [3.05, 3.63) is 21.3 Å². The molecule has 0 amide bonds. The second kappa shape index (κ2) is 8.38. The first-order chi connectivity index (χ1) is 9.77. The second-order valence-corrected chi connectivity index (χ2v) is 6.84. The molecule has 2 rings (SSSR count). The van der Waals surface area contributed by atoms with E-state index in [9.17, 15) is 0 Å². The molecule has 1 aromatic rings. The summed E-state index contributed by atoms with van der Waals surface area (Å²) in [6.45, 7) is 5.95. The number of nitrogens with one attached hydrogen (secondary N) is 1. The van der Waals surface area contributed by atoms with Crippen LogP contribution in [0.5, 0.6) is 0 Å². The average molecular weight is 316 g/mol. The van der Waals surface area contributed by atoms with Crippen LogP contribution < -0.4 is 5.32 Å². The first-order valence-electron chi connectivity index (χ1n) is 7.85. The van der Waals surface area contributed by atoms with Gasteiger partial charge in [-0.15, -0.1) is 11.3 Å². The van der Waals surface area contributed by atoms with E-state index in [1.54, 1.807) is 11.3 Å². The van der Waals surface area contributed by atoms with Crippen LogP contribution in [-0.2, 0) is 4.74 Å². The maximum absolute atomic E-state index is 6.37. The Bertz CT molecular complexity index is 390. The van der Waals surface area contributed by atoms with Crippen LogP contribution in [0.2, 0.25) is 5.02 Å². The third-order valence-electron chi connectivity index (χ3n) is 4.15. The molecule has 20 heavy (non-hydrogen) atoms. The Morgan fingerprint density at radius 3 is 2.65 bits per heavy atom. The van der Waals surface area contributed by atoms with Gasteiger partial charge in [0.1, 0.15) is 0 Å². The van der Waals surface area contributed by atoms with E-state index in [1.807, 2.05) is 6.07 Å². The van der Waals surface area contributed by atoms with Crippen molar-refractivity contribution in [3.63, 3.8) is 0 Å². The largest absolute Gasteiger partial charge is 0.376 e. The monoisotopic (exact) mass is 315 g/mol. The molecule has 1 N–H and O–H groups in total.